The molecule has 0 aliphatic rings. The zero-order chi connectivity index (χ0) is 9.07. The van der Waals surface area contributed by atoms with Crippen LogP contribution in [-0.4, -0.2) is 18.0 Å². The first kappa shape index (κ1) is 10.7. The van der Waals surface area contributed by atoms with Crippen molar-refractivity contribution in [2.75, 3.05) is 6.54 Å². The van der Waals surface area contributed by atoms with E-state index < -0.39 is 5.54 Å². The van der Waals surface area contributed by atoms with Crippen molar-refractivity contribution in [2.45, 2.75) is 19.4 Å². The molecule has 0 aromatic rings. The molecule has 0 bridgehead atoms. The number of rotatable bonds is 3. The van der Waals surface area contributed by atoms with Gasteiger partial charge in [0.25, 0.3) is 0 Å². The summed E-state index contributed by atoms with van der Waals surface area (Å²) in [7, 11) is 0. The Hall–Kier alpha value is -0.350. The topological polar surface area (TPSA) is 55.1 Å². The highest BCUT2D eigenvalue weighted by Gasteiger charge is 2.20. The van der Waals surface area contributed by atoms with Crippen LogP contribution in [0.4, 0.5) is 0 Å². The minimum atomic E-state index is -0.817. The maximum absolute atomic E-state index is 11.1. The lowest BCUT2D eigenvalue weighted by Gasteiger charge is -2.17. The number of halogens is 1. The normalized spacial score (nSPS) is 10.9. The second-order valence-electron chi connectivity index (χ2n) is 2.92. The van der Waals surface area contributed by atoms with Crippen LogP contribution in [0, 0.1) is 0 Å². The number of carbonyl (C=O) groups is 1. The highest BCUT2D eigenvalue weighted by Crippen LogP contribution is 2.00. The summed E-state index contributed by atoms with van der Waals surface area (Å²) >= 11 is 3.12. The van der Waals surface area contributed by atoms with E-state index in [4.69, 9.17) is 5.73 Å². The highest BCUT2D eigenvalue weighted by atomic mass is 79.9. The average Bonchev–Trinajstić information content (AvgIpc) is 1.80. The van der Waals surface area contributed by atoms with Gasteiger partial charge in [0.1, 0.15) is 0 Å². The number of hydrogen-bond donors (Lipinski definition) is 2. The monoisotopic (exact) mass is 220 g/mol. The Kier molecular flexibility index (Phi) is 3.75. The number of nitrogens with one attached hydrogen (secondary N) is 1. The molecule has 3 nitrogen and oxygen atoms in total. The predicted octanol–water partition coefficient (Wildman–Crippen LogP) is 0.749. The highest BCUT2D eigenvalue weighted by molar-refractivity contribution is 9.11. The second kappa shape index (κ2) is 3.88. The minimum Gasteiger partial charge on any atom is -0.350 e. The van der Waals surface area contributed by atoms with E-state index in [-0.39, 0.29) is 5.91 Å². The molecule has 11 heavy (non-hydrogen) atoms. The third kappa shape index (κ3) is 4.98. The summed E-state index contributed by atoms with van der Waals surface area (Å²) in [5.41, 5.74) is 4.69. The molecule has 64 valence electrons. The van der Waals surface area contributed by atoms with Gasteiger partial charge in [-0.15, -0.1) is 0 Å². The van der Waals surface area contributed by atoms with Gasteiger partial charge in [-0.3, -0.25) is 4.79 Å². The molecule has 0 fully saturated rings. The Labute approximate surface area is 75.2 Å². The van der Waals surface area contributed by atoms with Gasteiger partial charge in [0.15, 0.2) is 0 Å². The molecule has 0 radical (unpaired) electrons. The van der Waals surface area contributed by atoms with Crippen LogP contribution in [0.1, 0.15) is 13.8 Å². The van der Waals surface area contributed by atoms with Crippen LogP contribution in [0.25, 0.3) is 0 Å². The lowest BCUT2D eigenvalue weighted by Crippen LogP contribution is -2.49. The van der Waals surface area contributed by atoms with Crippen LogP contribution < -0.4 is 11.1 Å². The Morgan fingerprint density at radius 1 is 1.73 bits per heavy atom. The average molecular weight is 221 g/mol. The van der Waals surface area contributed by atoms with Crippen molar-refractivity contribution in [1.29, 1.82) is 0 Å². The van der Waals surface area contributed by atoms with Gasteiger partial charge in [0.2, 0.25) is 5.91 Å². The van der Waals surface area contributed by atoms with Crippen LogP contribution in [0.15, 0.2) is 11.1 Å². The van der Waals surface area contributed by atoms with Gasteiger partial charge >= 0.3 is 0 Å². The molecule has 4 heteroatoms. The van der Waals surface area contributed by atoms with Gasteiger partial charge in [-0.1, -0.05) is 22.5 Å². The first-order chi connectivity index (χ1) is 4.84. The van der Waals surface area contributed by atoms with E-state index in [1.165, 1.54) is 0 Å². The maximum atomic E-state index is 11.1. The molecule has 0 aromatic carbocycles. The van der Waals surface area contributed by atoms with E-state index in [2.05, 4.69) is 27.8 Å². The standard InChI is InChI=1S/C7H13BrN2O/c1-5(8)4-10-6(11)7(2,3)9/h1,4,9H2,2-3H3,(H,10,11). The number of amides is 1. The van der Waals surface area contributed by atoms with E-state index in [1.807, 2.05) is 0 Å². The fourth-order valence-corrected chi connectivity index (χ4v) is 0.544. The van der Waals surface area contributed by atoms with Crippen molar-refractivity contribution in [3.05, 3.63) is 11.1 Å². The smallest absolute Gasteiger partial charge is 0.239 e. The van der Waals surface area contributed by atoms with Gasteiger partial charge in [0, 0.05) is 11.0 Å². The molecule has 0 atom stereocenters. The molecule has 0 aliphatic carbocycles. The fraction of sp³-hybridized carbons (Fsp3) is 0.571. The Bertz CT molecular complexity index is 172. The molecule has 0 saturated carbocycles. The van der Waals surface area contributed by atoms with Crippen LogP contribution >= 0.6 is 15.9 Å². The second-order valence-corrected chi connectivity index (χ2v) is 4.04. The lowest BCUT2D eigenvalue weighted by molar-refractivity contribution is -0.125. The summed E-state index contributed by atoms with van der Waals surface area (Å²) in [6, 6.07) is 0. The molecule has 0 saturated heterocycles. The zero-order valence-corrected chi connectivity index (χ0v) is 8.36. The van der Waals surface area contributed by atoms with Crippen LogP contribution in [-0.2, 0) is 4.79 Å². The predicted molar refractivity (Wildman–Crippen MR) is 49.3 cm³/mol. The molecule has 0 aromatic heterocycles. The molecule has 0 heterocycles. The van der Waals surface area contributed by atoms with E-state index in [1.54, 1.807) is 13.8 Å². The molecular weight excluding hydrogens is 208 g/mol. The minimum absolute atomic E-state index is 0.182. The summed E-state index contributed by atoms with van der Waals surface area (Å²) in [5.74, 6) is -0.182. The van der Waals surface area contributed by atoms with Crippen molar-refractivity contribution >= 4 is 21.8 Å². The van der Waals surface area contributed by atoms with E-state index in [0.717, 1.165) is 4.48 Å². The molecule has 0 unspecified atom stereocenters. The van der Waals surface area contributed by atoms with E-state index in [0.29, 0.717) is 6.54 Å². The number of hydrogen-bond acceptors (Lipinski definition) is 2. The van der Waals surface area contributed by atoms with Crippen molar-refractivity contribution in [2.24, 2.45) is 5.73 Å². The molecule has 0 spiro atoms. The number of carbonyl (C=O) groups excluding carboxylic acids is 1. The number of nitrogens with two attached hydrogens (primary N) is 1. The Morgan fingerprint density at radius 3 is 2.45 bits per heavy atom. The van der Waals surface area contributed by atoms with Crippen molar-refractivity contribution in [1.82, 2.24) is 5.32 Å². The largest absolute Gasteiger partial charge is 0.350 e. The van der Waals surface area contributed by atoms with Crippen molar-refractivity contribution in [3.8, 4) is 0 Å². The molecular formula is C7H13BrN2O. The van der Waals surface area contributed by atoms with E-state index >= 15 is 0 Å². The Balaban J connectivity index is 3.80. The summed E-state index contributed by atoms with van der Waals surface area (Å²) in [4.78, 5) is 11.1. The zero-order valence-electron chi connectivity index (χ0n) is 6.78. The quantitative estimate of drug-likeness (QED) is 0.738. The lowest BCUT2D eigenvalue weighted by atomic mass is 10.1. The van der Waals surface area contributed by atoms with Crippen LogP contribution in [0.2, 0.25) is 0 Å². The Morgan fingerprint density at radius 2 is 2.18 bits per heavy atom. The van der Waals surface area contributed by atoms with Crippen LogP contribution in [0.3, 0.4) is 0 Å². The molecule has 1 amide bonds. The summed E-state index contributed by atoms with van der Waals surface area (Å²) in [6.07, 6.45) is 0. The first-order valence-corrected chi connectivity index (χ1v) is 4.04. The summed E-state index contributed by atoms with van der Waals surface area (Å²) < 4.78 is 0.732. The summed E-state index contributed by atoms with van der Waals surface area (Å²) in [6.45, 7) is 7.29. The van der Waals surface area contributed by atoms with E-state index in [9.17, 15) is 4.79 Å². The SMILES string of the molecule is C=C(Br)CNC(=O)C(C)(C)N. The van der Waals surface area contributed by atoms with Crippen LogP contribution in [0.5, 0.6) is 0 Å². The summed E-state index contributed by atoms with van der Waals surface area (Å²) in [5, 5.41) is 2.61. The van der Waals surface area contributed by atoms with Gasteiger partial charge in [-0.25, -0.2) is 0 Å². The van der Waals surface area contributed by atoms with Gasteiger partial charge in [-0.2, -0.15) is 0 Å². The molecule has 3 N–H and O–H groups in total. The van der Waals surface area contributed by atoms with Gasteiger partial charge < -0.3 is 11.1 Å². The van der Waals surface area contributed by atoms with Crippen molar-refractivity contribution < 1.29 is 4.79 Å². The fourth-order valence-electron chi connectivity index (χ4n) is 0.404. The first-order valence-electron chi connectivity index (χ1n) is 3.24. The van der Waals surface area contributed by atoms with Gasteiger partial charge in [-0.05, 0) is 13.8 Å². The van der Waals surface area contributed by atoms with Crippen molar-refractivity contribution in [3.63, 3.8) is 0 Å². The maximum Gasteiger partial charge on any atom is 0.239 e. The molecule has 0 aliphatic heterocycles. The molecule has 0 rings (SSSR count). The van der Waals surface area contributed by atoms with Gasteiger partial charge in [0.05, 0.1) is 5.54 Å². The third-order valence-electron chi connectivity index (χ3n) is 1.03. The third-order valence-corrected chi connectivity index (χ3v) is 1.31.